The molecule has 0 aliphatic heterocycles. The number of ketones is 1. The SMILES string of the molecule is C=CC(=C)OC/C=C\c1ccccc1CC(=O)CC(=C)O.CC. The van der Waals surface area contributed by atoms with Gasteiger partial charge in [-0.25, -0.2) is 0 Å². The van der Waals surface area contributed by atoms with Crippen molar-refractivity contribution in [2.75, 3.05) is 6.61 Å². The first kappa shape index (κ1) is 20.5. The van der Waals surface area contributed by atoms with Crippen LogP contribution < -0.4 is 0 Å². The summed E-state index contributed by atoms with van der Waals surface area (Å²) in [5, 5.41) is 9.06. The fourth-order valence-electron chi connectivity index (χ4n) is 1.75. The fourth-order valence-corrected chi connectivity index (χ4v) is 1.75. The largest absolute Gasteiger partial charge is 0.512 e. The standard InChI is InChI=1S/C18H20O3.C2H6/c1-4-15(3)21-11-7-10-16-8-5-6-9-17(16)13-18(20)12-14(2)19;1-2/h4-10,19H,1-3,11-13H2;1-2H3/b10-7-;. The second-order valence-electron chi connectivity index (χ2n) is 4.54. The van der Waals surface area contributed by atoms with Gasteiger partial charge in [-0.3, -0.25) is 4.79 Å². The second-order valence-corrected chi connectivity index (χ2v) is 4.54. The van der Waals surface area contributed by atoms with E-state index < -0.39 is 0 Å². The van der Waals surface area contributed by atoms with E-state index in [1.165, 1.54) is 0 Å². The number of hydrogen-bond acceptors (Lipinski definition) is 3. The predicted octanol–water partition coefficient (Wildman–Crippen LogP) is 5.02. The lowest BCUT2D eigenvalue weighted by atomic mass is 10.0. The molecule has 3 nitrogen and oxygen atoms in total. The molecule has 0 spiro atoms. The van der Waals surface area contributed by atoms with E-state index in [0.29, 0.717) is 12.4 Å². The summed E-state index contributed by atoms with van der Waals surface area (Å²) >= 11 is 0. The van der Waals surface area contributed by atoms with E-state index in [0.717, 1.165) is 11.1 Å². The minimum absolute atomic E-state index is 0.0136. The zero-order chi connectivity index (χ0) is 17.7. The summed E-state index contributed by atoms with van der Waals surface area (Å²) in [4.78, 5) is 11.7. The van der Waals surface area contributed by atoms with Crippen molar-refractivity contribution in [3.05, 3.63) is 78.8 Å². The van der Waals surface area contributed by atoms with Crippen molar-refractivity contribution in [3.8, 4) is 0 Å². The number of ether oxygens (including phenoxy) is 1. The summed E-state index contributed by atoms with van der Waals surface area (Å²) in [5.41, 5.74) is 1.85. The number of allylic oxidation sites excluding steroid dienone is 2. The summed E-state index contributed by atoms with van der Waals surface area (Å²) in [6.45, 7) is 14.9. The Kier molecular flexibility index (Phi) is 10.7. The molecule has 23 heavy (non-hydrogen) atoms. The molecule has 0 unspecified atom stereocenters. The van der Waals surface area contributed by atoms with Gasteiger partial charge in [-0.2, -0.15) is 0 Å². The van der Waals surface area contributed by atoms with Gasteiger partial charge >= 0.3 is 0 Å². The number of hydrogen-bond donors (Lipinski definition) is 1. The van der Waals surface area contributed by atoms with Crippen molar-refractivity contribution in [3.63, 3.8) is 0 Å². The molecule has 0 fully saturated rings. The van der Waals surface area contributed by atoms with Gasteiger partial charge in [-0.15, -0.1) is 0 Å². The van der Waals surface area contributed by atoms with Gasteiger partial charge in [0.2, 0.25) is 0 Å². The van der Waals surface area contributed by atoms with Crippen LogP contribution in [0.2, 0.25) is 0 Å². The minimum atomic E-state index is -0.107. The molecule has 0 atom stereocenters. The number of Topliss-reactive ketones (excluding diaryl/α,β-unsaturated/α-hetero) is 1. The Bertz CT molecular complexity index is 568. The maximum absolute atomic E-state index is 11.7. The van der Waals surface area contributed by atoms with Gasteiger partial charge in [0, 0.05) is 6.42 Å². The molecule has 1 N–H and O–H groups in total. The lowest BCUT2D eigenvalue weighted by molar-refractivity contribution is -0.118. The number of carbonyl (C=O) groups excluding carboxylic acids is 1. The van der Waals surface area contributed by atoms with Crippen LogP contribution in [-0.2, 0) is 16.0 Å². The van der Waals surface area contributed by atoms with Crippen LogP contribution in [0.3, 0.4) is 0 Å². The van der Waals surface area contributed by atoms with Crippen molar-refractivity contribution in [2.45, 2.75) is 26.7 Å². The Hall–Kier alpha value is -2.55. The summed E-state index contributed by atoms with van der Waals surface area (Å²) in [7, 11) is 0. The molecule has 0 bridgehead atoms. The van der Waals surface area contributed by atoms with Gasteiger partial charge in [-0.1, -0.05) is 63.9 Å². The molecular formula is C20H26O3. The third-order valence-corrected chi connectivity index (χ3v) is 2.73. The van der Waals surface area contributed by atoms with Crippen LogP contribution in [0.4, 0.5) is 0 Å². The number of aliphatic hydroxyl groups is 1. The molecule has 3 heteroatoms. The van der Waals surface area contributed by atoms with Crippen LogP contribution in [0.5, 0.6) is 0 Å². The molecule has 0 aliphatic carbocycles. The molecule has 0 aliphatic rings. The van der Waals surface area contributed by atoms with Crippen LogP contribution >= 0.6 is 0 Å². The number of aliphatic hydroxyl groups excluding tert-OH is 1. The molecule has 1 aromatic carbocycles. The Morgan fingerprint density at radius 3 is 2.52 bits per heavy atom. The molecular weight excluding hydrogens is 288 g/mol. The highest BCUT2D eigenvalue weighted by Crippen LogP contribution is 2.13. The first-order valence-corrected chi connectivity index (χ1v) is 7.60. The van der Waals surface area contributed by atoms with Crippen LogP contribution in [0.25, 0.3) is 6.08 Å². The third-order valence-electron chi connectivity index (χ3n) is 2.73. The zero-order valence-corrected chi connectivity index (χ0v) is 14.0. The van der Waals surface area contributed by atoms with Gasteiger partial charge in [0.05, 0.1) is 12.2 Å². The highest BCUT2D eigenvalue weighted by molar-refractivity contribution is 5.83. The quantitative estimate of drug-likeness (QED) is 0.514. The van der Waals surface area contributed by atoms with Gasteiger partial charge in [0.1, 0.15) is 18.1 Å². The Balaban J connectivity index is 0.00000232. The lowest BCUT2D eigenvalue weighted by Crippen LogP contribution is -2.04. The van der Waals surface area contributed by atoms with Crippen LogP contribution in [-0.4, -0.2) is 17.5 Å². The number of carbonyl (C=O) groups is 1. The van der Waals surface area contributed by atoms with E-state index in [-0.39, 0.29) is 24.4 Å². The summed E-state index contributed by atoms with van der Waals surface area (Å²) in [6.07, 6.45) is 5.54. The van der Waals surface area contributed by atoms with Crippen molar-refractivity contribution in [1.29, 1.82) is 0 Å². The summed E-state index contributed by atoms with van der Waals surface area (Å²) < 4.78 is 5.28. The molecule has 1 rings (SSSR count). The predicted molar refractivity (Wildman–Crippen MR) is 97.2 cm³/mol. The molecule has 124 valence electrons. The number of rotatable bonds is 9. The highest BCUT2D eigenvalue weighted by atomic mass is 16.5. The van der Waals surface area contributed by atoms with Crippen LogP contribution in [0, 0.1) is 0 Å². The molecule has 1 aromatic rings. The zero-order valence-electron chi connectivity index (χ0n) is 14.0. The van der Waals surface area contributed by atoms with Crippen molar-refractivity contribution >= 4 is 11.9 Å². The van der Waals surface area contributed by atoms with Crippen LogP contribution in [0.15, 0.2) is 67.7 Å². The number of benzene rings is 1. The van der Waals surface area contributed by atoms with Crippen molar-refractivity contribution in [2.24, 2.45) is 0 Å². The van der Waals surface area contributed by atoms with Gasteiger partial charge in [0.15, 0.2) is 0 Å². The summed E-state index contributed by atoms with van der Waals surface area (Å²) in [6, 6.07) is 7.60. The van der Waals surface area contributed by atoms with E-state index in [9.17, 15) is 4.79 Å². The topological polar surface area (TPSA) is 46.5 Å². The van der Waals surface area contributed by atoms with Gasteiger partial charge < -0.3 is 9.84 Å². The average Bonchev–Trinajstić information content (AvgIpc) is 2.53. The second kappa shape index (κ2) is 12.0. The molecule has 0 saturated heterocycles. The monoisotopic (exact) mass is 314 g/mol. The smallest absolute Gasteiger partial charge is 0.144 e. The lowest BCUT2D eigenvalue weighted by Gasteiger charge is -2.06. The first-order chi connectivity index (χ1) is 11.0. The minimum Gasteiger partial charge on any atom is -0.512 e. The van der Waals surface area contributed by atoms with Gasteiger partial charge in [-0.05, 0) is 23.3 Å². The van der Waals surface area contributed by atoms with Crippen molar-refractivity contribution < 1.29 is 14.6 Å². The Morgan fingerprint density at radius 2 is 1.91 bits per heavy atom. The third kappa shape index (κ3) is 9.14. The molecule has 0 amide bonds. The normalized spacial score (nSPS) is 9.65. The Morgan fingerprint density at radius 1 is 1.26 bits per heavy atom. The summed E-state index contributed by atoms with van der Waals surface area (Å²) in [5.74, 6) is 0.341. The molecule has 0 aromatic heterocycles. The van der Waals surface area contributed by atoms with Crippen LogP contribution in [0.1, 0.15) is 31.4 Å². The highest BCUT2D eigenvalue weighted by Gasteiger charge is 2.07. The van der Waals surface area contributed by atoms with Crippen molar-refractivity contribution in [1.82, 2.24) is 0 Å². The first-order valence-electron chi connectivity index (χ1n) is 7.60. The van der Waals surface area contributed by atoms with Gasteiger partial charge in [0.25, 0.3) is 0 Å². The maximum Gasteiger partial charge on any atom is 0.144 e. The maximum atomic E-state index is 11.7. The molecule has 0 radical (unpaired) electrons. The Labute approximate surface area is 139 Å². The average molecular weight is 314 g/mol. The van der Waals surface area contributed by atoms with E-state index in [4.69, 9.17) is 9.84 Å². The van der Waals surface area contributed by atoms with E-state index >= 15 is 0 Å². The molecule has 0 saturated carbocycles. The van der Waals surface area contributed by atoms with E-state index in [2.05, 4.69) is 19.7 Å². The fraction of sp³-hybridized carbons (Fsp3) is 0.250. The molecule has 0 heterocycles. The van der Waals surface area contributed by atoms with E-state index in [1.807, 2.05) is 50.3 Å². The van der Waals surface area contributed by atoms with E-state index in [1.54, 1.807) is 6.08 Å².